The fourth-order valence-corrected chi connectivity index (χ4v) is 1.75. The molecule has 0 aromatic carbocycles. The highest BCUT2D eigenvalue weighted by Crippen LogP contribution is 2.30. The minimum absolute atomic E-state index is 0.100. The summed E-state index contributed by atoms with van der Waals surface area (Å²) in [5.74, 6) is -0.330. The molecule has 7 heteroatoms. The van der Waals surface area contributed by atoms with Crippen molar-refractivity contribution >= 4 is 21.9 Å². The average molecular weight is 310 g/mol. The molecule has 0 spiro atoms. The number of hydrogen-bond donors (Lipinski definition) is 0. The van der Waals surface area contributed by atoms with Crippen LogP contribution in [0.2, 0.25) is 0 Å². The third-order valence-electron chi connectivity index (χ3n) is 2.04. The average Bonchev–Trinajstić information content (AvgIpc) is 2.30. The molecule has 0 unspecified atom stereocenters. The lowest BCUT2D eigenvalue weighted by Gasteiger charge is -2.11. The lowest BCUT2D eigenvalue weighted by atomic mass is 10.1. The molecule has 0 amide bonds. The molecule has 1 aromatic rings. The maximum absolute atomic E-state index is 12.5. The number of nitrogens with zero attached hydrogens (tertiary/aromatic N) is 1. The number of pyridine rings is 1. The van der Waals surface area contributed by atoms with Gasteiger partial charge >= 0.3 is 5.97 Å². The quantitative estimate of drug-likeness (QED) is 0.633. The normalized spacial score (nSPS) is 10.5. The van der Waals surface area contributed by atoms with E-state index in [-0.39, 0.29) is 16.8 Å². The number of alkyl halides is 2. The van der Waals surface area contributed by atoms with Gasteiger partial charge in [-0.3, -0.25) is 4.79 Å². The van der Waals surface area contributed by atoms with Crippen LogP contribution in [0.1, 0.15) is 17.7 Å². The van der Waals surface area contributed by atoms with Gasteiger partial charge in [0.1, 0.15) is 16.0 Å². The summed E-state index contributed by atoms with van der Waals surface area (Å²) in [5, 5.41) is 0. The second-order valence-electron chi connectivity index (χ2n) is 3.07. The van der Waals surface area contributed by atoms with Crippen LogP contribution in [-0.2, 0) is 16.0 Å². The van der Waals surface area contributed by atoms with Crippen molar-refractivity contribution in [3.63, 3.8) is 0 Å². The predicted molar refractivity (Wildman–Crippen MR) is 59.2 cm³/mol. The van der Waals surface area contributed by atoms with Crippen molar-refractivity contribution in [2.45, 2.75) is 12.8 Å². The molecular weight excluding hydrogens is 300 g/mol. The number of esters is 1. The lowest BCUT2D eigenvalue weighted by Crippen LogP contribution is -2.08. The first kappa shape index (κ1) is 13.8. The van der Waals surface area contributed by atoms with Gasteiger partial charge in [0.05, 0.1) is 20.6 Å². The van der Waals surface area contributed by atoms with E-state index in [2.05, 4.69) is 25.7 Å². The standard InChI is InChI=1S/C10H10BrF2NO3/c1-16-7-4-6(10(12)13)14-9(11)5(7)3-8(15)17-2/h4,10H,3H2,1-2H3. The predicted octanol–water partition coefficient (Wildman–Crippen LogP) is 2.51. The molecule has 1 rings (SSSR count). The van der Waals surface area contributed by atoms with Crippen molar-refractivity contribution < 1.29 is 23.0 Å². The number of aromatic nitrogens is 1. The van der Waals surface area contributed by atoms with Crippen LogP contribution in [0.25, 0.3) is 0 Å². The molecule has 1 heterocycles. The van der Waals surface area contributed by atoms with E-state index in [0.29, 0.717) is 5.56 Å². The van der Waals surface area contributed by atoms with Gasteiger partial charge in [0, 0.05) is 11.6 Å². The molecule has 0 aliphatic heterocycles. The molecule has 0 bridgehead atoms. The molecule has 4 nitrogen and oxygen atoms in total. The maximum atomic E-state index is 12.5. The second kappa shape index (κ2) is 5.90. The summed E-state index contributed by atoms with van der Waals surface area (Å²) >= 11 is 3.03. The van der Waals surface area contributed by atoms with Crippen LogP contribution in [0.4, 0.5) is 8.78 Å². The fourth-order valence-electron chi connectivity index (χ4n) is 1.21. The molecule has 0 atom stereocenters. The van der Waals surface area contributed by atoms with Gasteiger partial charge in [0.2, 0.25) is 0 Å². The number of carbonyl (C=O) groups excluding carboxylic acids is 1. The Bertz CT molecular complexity index is 426. The van der Waals surface area contributed by atoms with Gasteiger partial charge in [0.25, 0.3) is 6.43 Å². The molecule has 17 heavy (non-hydrogen) atoms. The Balaban J connectivity index is 3.16. The van der Waals surface area contributed by atoms with E-state index in [0.717, 1.165) is 6.07 Å². The summed E-state index contributed by atoms with van der Waals surface area (Å²) in [6, 6.07) is 1.10. The number of ether oxygens (including phenoxy) is 2. The number of halogens is 3. The summed E-state index contributed by atoms with van der Waals surface area (Å²) in [6.45, 7) is 0. The lowest BCUT2D eigenvalue weighted by molar-refractivity contribution is -0.139. The number of rotatable bonds is 4. The second-order valence-corrected chi connectivity index (χ2v) is 3.82. The molecule has 94 valence electrons. The zero-order valence-electron chi connectivity index (χ0n) is 9.17. The molecule has 0 saturated carbocycles. The van der Waals surface area contributed by atoms with Gasteiger partial charge in [-0.1, -0.05) is 0 Å². The molecule has 0 N–H and O–H groups in total. The Labute approximate surface area is 105 Å². The van der Waals surface area contributed by atoms with E-state index in [1.807, 2.05) is 0 Å². The minimum atomic E-state index is -2.70. The van der Waals surface area contributed by atoms with E-state index in [9.17, 15) is 13.6 Å². The monoisotopic (exact) mass is 309 g/mol. The van der Waals surface area contributed by atoms with Crippen LogP contribution >= 0.6 is 15.9 Å². The van der Waals surface area contributed by atoms with E-state index < -0.39 is 18.1 Å². The molecule has 0 fully saturated rings. The summed E-state index contributed by atoms with van der Waals surface area (Å²) in [6.07, 6.45) is -2.80. The first-order valence-corrected chi connectivity index (χ1v) is 5.37. The molecule has 0 saturated heterocycles. The van der Waals surface area contributed by atoms with Gasteiger partial charge in [-0.25, -0.2) is 13.8 Å². The Hall–Kier alpha value is -1.24. The number of methoxy groups -OCH3 is 2. The number of carbonyl (C=O) groups is 1. The SMILES string of the molecule is COC(=O)Cc1c(OC)cc(C(F)F)nc1Br. The smallest absolute Gasteiger partial charge is 0.310 e. The van der Waals surface area contributed by atoms with E-state index in [1.54, 1.807) is 0 Å². The fraction of sp³-hybridized carbons (Fsp3) is 0.400. The topological polar surface area (TPSA) is 48.4 Å². The van der Waals surface area contributed by atoms with Gasteiger partial charge in [0.15, 0.2) is 0 Å². The van der Waals surface area contributed by atoms with Crippen molar-refractivity contribution in [3.05, 3.63) is 21.9 Å². The van der Waals surface area contributed by atoms with Crippen LogP contribution < -0.4 is 4.74 Å². The van der Waals surface area contributed by atoms with Gasteiger partial charge < -0.3 is 9.47 Å². The highest BCUT2D eigenvalue weighted by atomic mass is 79.9. The largest absolute Gasteiger partial charge is 0.496 e. The van der Waals surface area contributed by atoms with Crippen LogP contribution in [0.15, 0.2) is 10.7 Å². The first-order valence-electron chi connectivity index (χ1n) is 4.57. The summed E-state index contributed by atoms with van der Waals surface area (Å²) in [7, 11) is 2.57. The summed E-state index contributed by atoms with van der Waals surface area (Å²) in [4.78, 5) is 14.8. The van der Waals surface area contributed by atoms with Crippen LogP contribution in [0, 0.1) is 0 Å². The van der Waals surface area contributed by atoms with Gasteiger partial charge in [-0.15, -0.1) is 0 Å². The van der Waals surface area contributed by atoms with Gasteiger partial charge in [-0.2, -0.15) is 0 Å². The van der Waals surface area contributed by atoms with Crippen molar-refractivity contribution in [1.29, 1.82) is 0 Å². The zero-order chi connectivity index (χ0) is 13.0. The van der Waals surface area contributed by atoms with Crippen molar-refractivity contribution in [3.8, 4) is 5.75 Å². The highest BCUT2D eigenvalue weighted by molar-refractivity contribution is 9.10. The molecule has 0 radical (unpaired) electrons. The Morgan fingerprint density at radius 1 is 1.53 bits per heavy atom. The van der Waals surface area contributed by atoms with Crippen LogP contribution in [0.5, 0.6) is 5.75 Å². The zero-order valence-corrected chi connectivity index (χ0v) is 10.8. The van der Waals surface area contributed by atoms with E-state index in [4.69, 9.17) is 4.74 Å². The van der Waals surface area contributed by atoms with Crippen LogP contribution in [-0.4, -0.2) is 25.2 Å². The van der Waals surface area contributed by atoms with Crippen molar-refractivity contribution in [2.24, 2.45) is 0 Å². The third kappa shape index (κ3) is 3.36. The van der Waals surface area contributed by atoms with Crippen molar-refractivity contribution in [1.82, 2.24) is 4.98 Å². The van der Waals surface area contributed by atoms with E-state index in [1.165, 1.54) is 14.2 Å². The summed E-state index contributed by atoms with van der Waals surface area (Å²) in [5.41, 5.74) is -0.0360. The third-order valence-corrected chi connectivity index (χ3v) is 2.70. The molecule has 1 aromatic heterocycles. The summed E-state index contributed by atoms with van der Waals surface area (Å²) < 4.78 is 34.6. The van der Waals surface area contributed by atoms with E-state index >= 15 is 0 Å². The highest BCUT2D eigenvalue weighted by Gasteiger charge is 2.19. The maximum Gasteiger partial charge on any atom is 0.310 e. The van der Waals surface area contributed by atoms with Crippen LogP contribution in [0.3, 0.4) is 0 Å². The van der Waals surface area contributed by atoms with Gasteiger partial charge in [-0.05, 0) is 15.9 Å². The minimum Gasteiger partial charge on any atom is -0.496 e. The molecular formula is C10H10BrF2NO3. The molecule has 0 aliphatic rings. The Kier molecular flexibility index (Phi) is 4.80. The Morgan fingerprint density at radius 3 is 2.65 bits per heavy atom. The number of hydrogen-bond acceptors (Lipinski definition) is 4. The first-order chi connectivity index (χ1) is 7.99. The van der Waals surface area contributed by atoms with Crippen molar-refractivity contribution in [2.75, 3.05) is 14.2 Å². The Morgan fingerprint density at radius 2 is 2.18 bits per heavy atom. The molecule has 0 aliphatic carbocycles.